The maximum absolute atomic E-state index is 12.4. The summed E-state index contributed by atoms with van der Waals surface area (Å²) in [6, 6.07) is 5.43. The van der Waals surface area contributed by atoms with Crippen LogP contribution in [0.15, 0.2) is 29.3 Å². The van der Waals surface area contributed by atoms with Crippen LogP contribution < -0.4 is 15.2 Å². The van der Waals surface area contributed by atoms with Gasteiger partial charge in [-0.05, 0) is 18.1 Å². The van der Waals surface area contributed by atoms with Gasteiger partial charge in [-0.2, -0.15) is 0 Å². The molecule has 156 valence electrons. The topological polar surface area (TPSA) is 69.3 Å². The number of ether oxygens (including phenoxy) is 3. The van der Waals surface area contributed by atoms with E-state index in [4.69, 9.17) is 15.2 Å². The van der Waals surface area contributed by atoms with Crippen molar-refractivity contribution in [3.05, 3.63) is 24.3 Å². The van der Waals surface area contributed by atoms with Crippen LogP contribution >= 0.6 is 0 Å². The van der Waals surface area contributed by atoms with E-state index >= 15 is 0 Å². The third-order valence-electron chi connectivity index (χ3n) is 5.07. The minimum absolute atomic E-state index is 0.0630. The molecule has 1 aromatic rings. The number of hydrogen-bond acceptors (Lipinski definition) is 6. The highest BCUT2D eigenvalue weighted by Gasteiger charge is 2.39. The summed E-state index contributed by atoms with van der Waals surface area (Å²) in [5.74, 6) is 0.733. The second kappa shape index (κ2) is 8.46. The predicted octanol–water partition coefficient (Wildman–Crippen LogP) is 3.86. The number of nitrogens with zero attached hydrogens (tertiary/aromatic N) is 2. The average Bonchev–Trinajstić information content (AvgIpc) is 2.63. The van der Waals surface area contributed by atoms with E-state index in [2.05, 4.69) is 9.73 Å². The van der Waals surface area contributed by atoms with Gasteiger partial charge < -0.3 is 24.8 Å². The van der Waals surface area contributed by atoms with Crippen molar-refractivity contribution >= 4 is 5.96 Å². The van der Waals surface area contributed by atoms with Crippen molar-refractivity contribution in [1.29, 1.82) is 0 Å². The Kier molecular flexibility index (Phi) is 6.22. The third kappa shape index (κ3) is 5.67. The molecule has 3 rings (SSSR count). The van der Waals surface area contributed by atoms with Crippen LogP contribution in [0.4, 0.5) is 13.2 Å². The number of guanidine groups is 1. The molecule has 0 aromatic heterocycles. The van der Waals surface area contributed by atoms with E-state index in [-0.39, 0.29) is 24.8 Å². The first-order chi connectivity index (χ1) is 13.2. The van der Waals surface area contributed by atoms with Gasteiger partial charge in [0.25, 0.3) is 0 Å². The van der Waals surface area contributed by atoms with Crippen molar-refractivity contribution in [1.82, 2.24) is 4.90 Å². The van der Waals surface area contributed by atoms with Gasteiger partial charge in [-0.3, -0.25) is 0 Å². The first kappa shape index (κ1) is 20.6. The van der Waals surface area contributed by atoms with Crippen molar-refractivity contribution < 1.29 is 27.4 Å². The van der Waals surface area contributed by atoms with Crippen molar-refractivity contribution in [3.63, 3.8) is 0 Å². The molecule has 0 bridgehead atoms. The predicted molar refractivity (Wildman–Crippen MR) is 97.9 cm³/mol. The highest BCUT2D eigenvalue weighted by molar-refractivity contribution is 5.78. The largest absolute Gasteiger partial charge is 0.573 e. The Labute approximate surface area is 162 Å². The highest BCUT2D eigenvalue weighted by Crippen LogP contribution is 2.35. The molecule has 1 unspecified atom stereocenters. The molecule has 0 radical (unpaired) electrons. The molecule has 1 aromatic carbocycles. The lowest BCUT2D eigenvalue weighted by atomic mass is 9.83. The van der Waals surface area contributed by atoms with E-state index in [0.717, 1.165) is 12.8 Å². The molecule has 9 heteroatoms. The molecule has 6 nitrogen and oxygen atoms in total. The lowest BCUT2D eigenvalue weighted by Crippen LogP contribution is -2.51. The normalized spacial score (nSPS) is 24.0. The highest BCUT2D eigenvalue weighted by atomic mass is 19.4. The Morgan fingerprint density at radius 3 is 2.64 bits per heavy atom. The molecular formula is C19H26F3N3O3. The van der Waals surface area contributed by atoms with E-state index < -0.39 is 12.1 Å². The summed E-state index contributed by atoms with van der Waals surface area (Å²) in [6.45, 7) is 0.343. The molecule has 1 saturated carbocycles. The van der Waals surface area contributed by atoms with Crippen LogP contribution in [0.2, 0.25) is 0 Å². The van der Waals surface area contributed by atoms with E-state index in [1.165, 1.54) is 37.5 Å². The summed E-state index contributed by atoms with van der Waals surface area (Å²) < 4.78 is 53.0. The van der Waals surface area contributed by atoms with Gasteiger partial charge in [-0.25, -0.2) is 4.99 Å². The zero-order chi connectivity index (χ0) is 20.2. The molecule has 0 saturated heterocycles. The van der Waals surface area contributed by atoms with Gasteiger partial charge in [0, 0.05) is 19.5 Å². The van der Waals surface area contributed by atoms with Crippen molar-refractivity contribution in [2.24, 2.45) is 16.6 Å². The molecule has 28 heavy (non-hydrogen) atoms. The van der Waals surface area contributed by atoms with Crippen LogP contribution in [0.25, 0.3) is 0 Å². The molecule has 1 aliphatic heterocycles. The van der Waals surface area contributed by atoms with E-state index in [9.17, 15) is 13.2 Å². The van der Waals surface area contributed by atoms with Crippen LogP contribution in [0.3, 0.4) is 0 Å². The number of alkyl halides is 3. The summed E-state index contributed by atoms with van der Waals surface area (Å²) in [5, 5.41) is 0. The number of nitrogens with two attached hydrogens (primary N) is 1. The minimum Gasteiger partial charge on any atom is -0.488 e. The fraction of sp³-hybridized carbons (Fsp3) is 0.632. The molecule has 2 aliphatic rings. The number of benzene rings is 1. The van der Waals surface area contributed by atoms with Gasteiger partial charge in [0.2, 0.25) is 0 Å². The fourth-order valence-corrected chi connectivity index (χ4v) is 3.65. The molecule has 1 atom stereocenters. The number of rotatable bonds is 6. The van der Waals surface area contributed by atoms with Gasteiger partial charge in [-0.1, -0.05) is 38.2 Å². The summed E-state index contributed by atoms with van der Waals surface area (Å²) >= 11 is 0. The monoisotopic (exact) mass is 401 g/mol. The Hall–Kier alpha value is -2.16. The number of hydrogen-bond donors (Lipinski definition) is 1. The summed E-state index contributed by atoms with van der Waals surface area (Å²) in [7, 11) is 1.78. The lowest BCUT2D eigenvalue weighted by Gasteiger charge is -2.39. The van der Waals surface area contributed by atoms with Gasteiger partial charge in [0.05, 0.1) is 0 Å². The van der Waals surface area contributed by atoms with E-state index in [1.807, 2.05) is 0 Å². The molecule has 1 aliphatic carbocycles. The van der Waals surface area contributed by atoms with Gasteiger partial charge in [0.1, 0.15) is 24.8 Å². The number of halogens is 3. The van der Waals surface area contributed by atoms with Gasteiger partial charge >= 0.3 is 6.36 Å². The Morgan fingerprint density at radius 2 is 1.96 bits per heavy atom. The van der Waals surface area contributed by atoms with E-state index in [1.54, 1.807) is 18.0 Å². The average molecular weight is 401 g/mol. The Morgan fingerprint density at radius 1 is 1.25 bits per heavy atom. The fourth-order valence-electron chi connectivity index (χ4n) is 3.65. The number of aliphatic imine (C=N–C) groups is 1. The van der Waals surface area contributed by atoms with Crippen molar-refractivity contribution in [2.45, 2.75) is 50.6 Å². The zero-order valence-corrected chi connectivity index (χ0v) is 15.9. The third-order valence-corrected chi connectivity index (χ3v) is 5.07. The molecule has 0 amide bonds. The molecular weight excluding hydrogens is 375 g/mol. The van der Waals surface area contributed by atoms with Gasteiger partial charge in [0.15, 0.2) is 11.7 Å². The molecule has 2 N–H and O–H groups in total. The summed E-state index contributed by atoms with van der Waals surface area (Å²) in [5.41, 5.74) is 5.07. The minimum atomic E-state index is -4.75. The SMILES string of the molecule is CN1COC(COc2cccc(OC(F)(F)F)c2)(CC2CCCCC2)N=C1N. The molecule has 1 heterocycles. The molecule has 0 spiro atoms. The van der Waals surface area contributed by atoms with Crippen LogP contribution in [-0.2, 0) is 4.74 Å². The summed E-state index contributed by atoms with van der Waals surface area (Å²) in [4.78, 5) is 6.24. The standard InChI is InChI=1S/C19H26F3N3O3/c1-25-13-27-18(24-17(25)23,11-14-6-3-2-4-7-14)12-26-15-8-5-9-16(10-15)28-19(20,21)22/h5,8-10,14H,2-4,6-7,11-13H2,1H3,(H2,23,24). The maximum atomic E-state index is 12.4. The van der Waals surface area contributed by atoms with Gasteiger partial charge in [-0.15, -0.1) is 13.2 Å². The van der Waals surface area contributed by atoms with Crippen LogP contribution in [0, 0.1) is 5.92 Å². The smallest absolute Gasteiger partial charge is 0.488 e. The molecule has 1 fully saturated rings. The Bertz CT molecular complexity index is 692. The zero-order valence-electron chi connectivity index (χ0n) is 15.9. The lowest BCUT2D eigenvalue weighted by molar-refractivity contribution is -0.274. The second-order valence-electron chi connectivity index (χ2n) is 7.41. The van der Waals surface area contributed by atoms with Crippen LogP contribution in [-0.4, -0.2) is 43.3 Å². The van der Waals surface area contributed by atoms with Crippen LogP contribution in [0.1, 0.15) is 38.5 Å². The second-order valence-corrected chi connectivity index (χ2v) is 7.41. The van der Waals surface area contributed by atoms with E-state index in [0.29, 0.717) is 18.3 Å². The first-order valence-electron chi connectivity index (χ1n) is 9.44. The Balaban J connectivity index is 1.72. The van der Waals surface area contributed by atoms with Crippen LogP contribution in [0.5, 0.6) is 11.5 Å². The summed E-state index contributed by atoms with van der Waals surface area (Å²) in [6.07, 6.45) is 1.71. The maximum Gasteiger partial charge on any atom is 0.573 e. The quantitative estimate of drug-likeness (QED) is 0.784. The van der Waals surface area contributed by atoms with Crippen molar-refractivity contribution in [2.75, 3.05) is 20.4 Å². The first-order valence-corrected chi connectivity index (χ1v) is 9.44. The van der Waals surface area contributed by atoms with Crippen molar-refractivity contribution in [3.8, 4) is 11.5 Å².